The maximum Gasteiger partial charge on any atom is 0.256 e. The fourth-order valence-electron chi connectivity index (χ4n) is 5.40. The Labute approximate surface area is 194 Å². The molecule has 3 aliphatic rings. The second kappa shape index (κ2) is 7.52. The van der Waals surface area contributed by atoms with Crippen LogP contribution in [-0.4, -0.2) is 43.8 Å². The van der Waals surface area contributed by atoms with Gasteiger partial charge in [-0.15, -0.1) is 0 Å². The fraction of sp³-hybridized carbons (Fsp3) is 0.400. The summed E-state index contributed by atoms with van der Waals surface area (Å²) in [6.07, 6.45) is 8.41. The van der Waals surface area contributed by atoms with Gasteiger partial charge in [0.15, 0.2) is 0 Å². The van der Waals surface area contributed by atoms with Gasteiger partial charge < -0.3 is 10.2 Å². The lowest BCUT2D eigenvalue weighted by Gasteiger charge is -2.43. The van der Waals surface area contributed by atoms with Gasteiger partial charge in [0.1, 0.15) is 0 Å². The van der Waals surface area contributed by atoms with Crippen molar-refractivity contribution < 1.29 is 13.8 Å². The predicted molar refractivity (Wildman–Crippen MR) is 126 cm³/mol. The number of piperidine rings is 1. The van der Waals surface area contributed by atoms with Crippen LogP contribution in [0.1, 0.15) is 55.4 Å². The molecule has 2 aromatic carbocycles. The van der Waals surface area contributed by atoms with Crippen molar-refractivity contribution in [3.8, 4) is 0 Å². The van der Waals surface area contributed by atoms with Crippen LogP contribution in [0.5, 0.6) is 0 Å². The molecule has 2 aliphatic heterocycles. The number of benzene rings is 2. The van der Waals surface area contributed by atoms with Crippen LogP contribution in [0, 0.1) is 5.41 Å². The molecule has 0 spiro atoms. The first-order chi connectivity index (χ1) is 15.9. The van der Waals surface area contributed by atoms with Crippen molar-refractivity contribution >= 4 is 39.1 Å². The molecular formula is C25H26N4O3S. The lowest BCUT2D eigenvalue weighted by Crippen LogP contribution is -2.49. The van der Waals surface area contributed by atoms with Gasteiger partial charge in [-0.2, -0.15) is 5.10 Å². The number of anilines is 1. The molecule has 6 rings (SSSR count). The zero-order valence-electron chi connectivity index (χ0n) is 18.5. The molecule has 1 saturated heterocycles. The molecule has 7 nitrogen and oxygen atoms in total. The third kappa shape index (κ3) is 3.22. The van der Waals surface area contributed by atoms with Crippen LogP contribution in [-0.2, 0) is 15.6 Å². The largest absolute Gasteiger partial charge is 0.342 e. The summed E-state index contributed by atoms with van der Waals surface area (Å²) in [6, 6.07) is 9.38. The molecule has 1 unspecified atom stereocenters. The monoisotopic (exact) mass is 462 g/mol. The smallest absolute Gasteiger partial charge is 0.256 e. The quantitative estimate of drug-likeness (QED) is 0.632. The van der Waals surface area contributed by atoms with E-state index >= 15 is 0 Å². The summed E-state index contributed by atoms with van der Waals surface area (Å²) in [5, 5.41) is 9.05. The second-order valence-electron chi connectivity index (χ2n) is 9.66. The first kappa shape index (κ1) is 20.6. The topological polar surface area (TPSA) is 84.3 Å². The molecule has 0 radical (unpaired) electrons. The maximum absolute atomic E-state index is 13.5. The van der Waals surface area contributed by atoms with Crippen LogP contribution in [0.15, 0.2) is 52.5 Å². The number of amides is 2. The molecule has 1 atom stereocenters. The average Bonchev–Trinajstić information content (AvgIpc) is 3.43. The van der Waals surface area contributed by atoms with Gasteiger partial charge in [0.05, 0.1) is 32.8 Å². The van der Waals surface area contributed by atoms with Crippen LogP contribution in [0.4, 0.5) is 5.69 Å². The lowest BCUT2D eigenvalue weighted by atomic mass is 9.69. The van der Waals surface area contributed by atoms with E-state index in [1.54, 1.807) is 12.3 Å². The summed E-state index contributed by atoms with van der Waals surface area (Å²) in [6.45, 7) is 3.58. The summed E-state index contributed by atoms with van der Waals surface area (Å²) < 4.78 is 15.4. The molecule has 8 heteroatoms. The molecule has 1 aromatic heterocycles. The van der Waals surface area contributed by atoms with Gasteiger partial charge in [-0.3, -0.25) is 14.3 Å². The van der Waals surface area contributed by atoms with E-state index in [1.165, 1.54) is 0 Å². The minimum Gasteiger partial charge on any atom is -0.342 e. The molecule has 0 bridgehead atoms. The van der Waals surface area contributed by atoms with Crippen LogP contribution in [0.25, 0.3) is 10.8 Å². The van der Waals surface area contributed by atoms with E-state index in [9.17, 15) is 13.8 Å². The van der Waals surface area contributed by atoms with Gasteiger partial charge >= 0.3 is 0 Å². The molecule has 33 heavy (non-hydrogen) atoms. The molecule has 1 aliphatic carbocycles. The molecule has 3 aromatic rings. The fourth-order valence-corrected chi connectivity index (χ4v) is 6.57. The zero-order valence-corrected chi connectivity index (χ0v) is 19.4. The number of hydrogen-bond acceptors (Lipinski definition) is 4. The Morgan fingerprint density at radius 3 is 2.70 bits per heavy atom. The molecule has 2 fully saturated rings. The first-order valence-corrected chi connectivity index (χ1v) is 12.7. The van der Waals surface area contributed by atoms with E-state index in [4.69, 9.17) is 0 Å². The van der Waals surface area contributed by atoms with Crippen molar-refractivity contribution in [1.82, 2.24) is 14.7 Å². The highest BCUT2D eigenvalue weighted by atomic mass is 32.2. The standard InChI is InChI=1S/C25H26N4O3S/c1-25(10-3-11-25)24(31)28-12-8-16(9-13-28)29-15-17(14-26-29)33(32)21-7-6-20-22-18(21)4-2-5-19(22)23(30)27-20/h2,4-7,14-16H,3,8-13H2,1H3,(H,27,30). The highest BCUT2D eigenvalue weighted by Gasteiger charge is 2.42. The summed E-state index contributed by atoms with van der Waals surface area (Å²) in [5.41, 5.74) is 1.23. The normalized spacial score (nSPS) is 20.5. The number of nitrogens with one attached hydrogen (secondary N) is 1. The summed E-state index contributed by atoms with van der Waals surface area (Å²) in [5.74, 6) is 0.178. The number of hydrogen-bond donors (Lipinski definition) is 1. The Hall–Kier alpha value is -3.00. The lowest BCUT2D eigenvalue weighted by molar-refractivity contribution is -0.147. The number of likely N-dealkylation sites (tertiary alicyclic amines) is 1. The van der Waals surface area contributed by atoms with Gasteiger partial charge in [-0.05, 0) is 43.9 Å². The van der Waals surface area contributed by atoms with Crippen molar-refractivity contribution in [2.75, 3.05) is 18.4 Å². The van der Waals surface area contributed by atoms with E-state index in [0.717, 1.165) is 61.7 Å². The Bertz CT molecular complexity index is 1320. The van der Waals surface area contributed by atoms with E-state index in [0.29, 0.717) is 21.3 Å². The van der Waals surface area contributed by atoms with Gasteiger partial charge in [0.2, 0.25) is 5.91 Å². The van der Waals surface area contributed by atoms with Crippen molar-refractivity contribution in [2.45, 2.75) is 54.9 Å². The molecule has 2 amide bonds. The first-order valence-electron chi connectivity index (χ1n) is 11.6. The number of rotatable bonds is 4. The van der Waals surface area contributed by atoms with Crippen LogP contribution < -0.4 is 5.32 Å². The number of carbonyl (C=O) groups is 2. The Morgan fingerprint density at radius 2 is 1.97 bits per heavy atom. The number of nitrogens with zero attached hydrogens (tertiary/aromatic N) is 3. The van der Waals surface area contributed by atoms with Gasteiger partial charge in [0, 0.05) is 46.7 Å². The minimum atomic E-state index is -1.41. The predicted octanol–water partition coefficient (Wildman–Crippen LogP) is 4.12. The van der Waals surface area contributed by atoms with E-state index < -0.39 is 10.8 Å². The average molecular weight is 463 g/mol. The molecule has 170 valence electrons. The van der Waals surface area contributed by atoms with Gasteiger partial charge in [0.25, 0.3) is 5.91 Å². The maximum atomic E-state index is 13.5. The minimum absolute atomic E-state index is 0.123. The SMILES string of the molecule is CC1(C(=O)N2CCC(n3cc(S(=O)c4ccc5c6c(cccc46)C(=O)N5)cn3)CC2)CCC1. The van der Waals surface area contributed by atoms with Crippen LogP contribution >= 0.6 is 0 Å². The molecule has 1 N–H and O–H groups in total. The Balaban J connectivity index is 1.20. The molecular weight excluding hydrogens is 436 g/mol. The Morgan fingerprint density at radius 1 is 1.18 bits per heavy atom. The third-order valence-corrected chi connectivity index (χ3v) is 8.98. The number of aromatic nitrogens is 2. The summed E-state index contributed by atoms with van der Waals surface area (Å²) in [7, 11) is -1.41. The van der Waals surface area contributed by atoms with Gasteiger partial charge in [-0.25, -0.2) is 4.21 Å². The zero-order chi connectivity index (χ0) is 22.7. The van der Waals surface area contributed by atoms with E-state index in [-0.39, 0.29) is 17.4 Å². The van der Waals surface area contributed by atoms with Crippen molar-refractivity contribution in [1.29, 1.82) is 0 Å². The van der Waals surface area contributed by atoms with Crippen LogP contribution in [0.3, 0.4) is 0 Å². The summed E-state index contributed by atoms with van der Waals surface area (Å²) in [4.78, 5) is 28.3. The van der Waals surface area contributed by atoms with Crippen molar-refractivity contribution in [3.05, 3.63) is 48.3 Å². The van der Waals surface area contributed by atoms with E-state index in [2.05, 4.69) is 17.3 Å². The second-order valence-corrected chi connectivity index (χ2v) is 11.1. The Kier molecular flexibility index (Phi) is 4.69. The van der Waals surface area contributed by atoms with Crippen LogP contribution in [0.2, 0.25) is 0 Å². The highest BCUT2D eigenvalue weighted by Crippen LogP contribution is 2.42. The summed E-state index contributed by atoms with van der Waals surface area (Å²) >= 11 is 0. The third-order valence-electron chi connectivity index (χ3n) is 7.58. The van der Waals surface area contributed by atoms with Crippen molar-refractivity contribution in [3.63, 3.8) is 0 Å². The van der Waals surface area contributed by atoms with Crippen molar-refractivity contribution in [2.24, 2.45) is 5.41 Å². The van der Waals surface area contributed by atoms with E-state index in [1.807, 2.05) is 40.0 Å². The van der Waals surface area contributed by atoms with Gasteiger partial charge in [-0.1, -0.05) is 25.5 Å². The number of carbonyl (C=O) groups excluding carboxylic acids is 2. The molecule has 3 heterocycles. The molecule has 1 saturated carbocycles. The highest BCUT2D eigenvalue weighted by molar-refractivity contribution is 7.85.